The maximum atomic E-state index is 13.9. The predicted octanol–water partition coefficient (Wildman–Crippen LogP) is 3.07. The molecule has 1 aromatic heterocycles. The molecule has 3 N–H and O–H groups in total. The van der Waals surface area contributed by atoms with Crippen molar-refractivity contribution in [2.75, 3.05) is 5.43 Å². The summed E-state index contributed by atoms with van der Waals surface area (Å²) in [6.45, 7) is 1.65. The molecule has 3 rings (SSSR count). The molecule has 4 nitrogen and oxygen atoms in total. The number of anilines is 1. The van der Waals surface area contributed by atoms with Gasteiger partial charge in [-0.1, -0.05) is 43.2 Å². The third kappa shape index (κ3) is 2.27. The highest BCUT2D eigenvalue weighted by atomic mass is 19.1. The Morgan fingerprint density at radius 2 is 1.81 bits per heavy atom. The number of nitrogen functional groups attached to an aromatic ring is 1. The molecule has 1 saturated carbocycles. The number of nitrogens with two attached hydrogens (primary N) is 1. The molecular weight excluding hydrogens is 267 g/mol. The molecule has 21 heavy (non-hydrogen) atoms. The van der Waals surface area contributed by atoms with E-state index in [1.807, 2.05) is 18.2 Å². The number of halogens is 1. The zero-order valence-corrected chi connectivity index (χ0v) is 12.1. The molecule has 1 aliphatic carbocycles. The van der Waals surface area contributed by atoms with Crippen LogP contribution in [0.3, 0.4) is 0 Å². The van der Waals surface area contributed by atoms with Gasteiger partial charge in [-0.05, 0) is 25.3 Å². The number of hydrogen-bond acceptors (Lipinski definition) is 4. The minimum absolute atomic E-state index is 0.0692. The Labute approximate surface area is 123 Å². The molecule has 0 aliphatic heterocycles. The normalized spacial score (nSPS) is 16.9. The molecule has 0 atom stereocenters. The fraction of sp³-hybridized carbons (Fsp3) is 0.375. The summed E-state index contributed by atoms with van der Waals surface area (Å²) in [5, 5.41) is 0. The van der Waals surface area contributed by atoms with E-state index in [9.17, 15) is 4.39 Å². The van der Waals surface area contributed by atoms with Gasteiger partial charge in [-0.15, -0.1) is 0 Å². The van der Waals surface area contributed by atoms with E-state index < -0.39 is 5.82 Å². The van der Waals surface area contributed by atoms with Gasteiger partial charge >= 0.3 is 0 Å². The van der Waals surface area contributed by atoms with Crippen LogP contribution in [-0.4, -0.2) is 9.97 Å². The third-order valence-corrected chi connectivity index (χ3v) is 4.37. The predicted molar refractivity (Wildman–Crippen MR) is 80.2 cm³/mol. The number of aromatic nitrogens is 2. The molecule has 0 saturated heterocycles. The van der Waals surface area contributed by atoms with E-state index in [4.69, 9.17) is 5.84 Å². The highest BCUT2D eigenvalue weighted by molar-refractivity contribution is 5.41. The van der Waals surface area contributed by atoms with Crippen molar-refractivity contribution in [2.24, 2.45) is 5.84 Å². The SMILES string of the molecule is Cc1nc(C2(c3ccccc3)CCCC2)nc(NN)c1F. The second-order valence-electron chi connectivity index (χ2n) is 5.59. The largest absolute Gasteiger partial charge is 0.306 e. The summed E-state index contributed by atoms with van der Waals surface area (Å²) in [5.41, 5.74) is 3.63. The van der Waals surface area contributed by atoms with Crippen LogP contribution in [0.15, 0.2) is 30.3 Å². The van der Waals surface area contributed by atoms with Gasteiger partial charge in [-0.2, -0.15) is 0 Å². The Morgan fingerprint density at radius 1 is 1.14 bits per heavy atom. The number of nitrogens with zero attached hydrogens (tertiary/aromatic N) is 2. The lowest BCUT2D eigenvalue weighted by molar-refractivity contribution is 0.489. The number of rotatable bonds is 3. The molecule has 110 valence electrons. The highest BCUT2D eigenvalue weighted by Gasteiger charge is 2.40. The minimum atomic E-state index is -0.484. The fourth-order valence-corrected chi connectivity index (χ4v) is 3.25. The Balaban J connectivity index is 2.17. The summed E-state index contributed by atoms with van der Waals surface area (Å²) in [5.74, 6) is 5.64. The van der Waals surface area contributed by atoms with Crippen molar-refractivity contribution >= 4 is 5.82 Å². The van der Waals surface area contributed by atoms with Crippen molar-refractivity contribution in [3.05, 3.63) is 53.2 Å². The summed E-state index contributed by atoms with van der Waals surface area (Å²) in [6.07, 6.45) is 4.21. The average molecular weight is 286 g/mol. The van der Waals surface area contributed by atoms with Crippen LogP contribution in [0.1, 0.15) is 42.8 Å². The van der Waals surface area contributed by atoms with Crippen molar-refractivity contribution in [3.8, 4) is 0 Å². The van der Waals surface area contributed by atoms with Crippen LogP contribution in [0.5, 0.6) is 0 Å². The van der Waals surface area contributed by atoms with E-state index in [0.717, 1.165) is 25.7 Å². The molecule has 5 heteroatoms. The van der Waals surface area contributed by atoms with Crippen LogP contribution in [-0.2, 0) is 5.41 Å². The molecular formula is C16H19FN4. The molecule has 0 amide bonds. The van der Waals surface area contributed by atoms with Crippen LogP contribution in [0.25, 0.3) is 0 Å². The van der Waals surface area contributed by atoms with Crippen LogP contribution >= 0.6 is 0 Å². The molecule has 1 aromatic carbocycles. The average Bonchev–Trinajstić information content (AvgIpc) is 3.01. The quantitative estimate of drug-likeness (QED) is 0.672. The van der Waals surface area contributed by atoms with E-state index in [1.165, 1.54) is 5.56 Å². The van der Waals surface area contributed by atoms with Gasteiger partial charge in [0.15, 0.2) is 11.6 Å². The van der Waals surface area contributed by atoms with Gasteiger partial charge in [-0.3, -0.25) is 0 Å². The van der Waals surface area contributed by atoms with Gasteiger partial charge in [0.25, 0.3) is 0 Å². The number of hydrogen-bond donors (Lipinski definition) is 2. The highest BCUT2D eigenvalue weighted by Crippen LogP contribution is 2.45. The fourth-order valence-electron chi connectivity index (χ4n) is 3.25. The van der Waals surface area contributed by atoms with Gasteiger partial charge in [-0.25, -0.2) is 20.2 Å². The Hall–Kier alpha value is -2.01. The van der Waals surface area contributed by atoms with Gasteiger partial charge in [0.1, 0.15) is 5.82 Å². The third-order valence-electron chi connectivity index (χ3n) is 4.37. The van der Waals surface area contributed by atoms with Gasteiger partial charge in [0, 0.05) is 0 Å². The lowest BCUT2D eigenvalue weighted by Gasteiger charge is -2.28. The number of aryl methyl sites for hydroxylation is 1. The van der Waals surface area contributed by atoms with Crippen molar-refractivity contribution in [2.45, 2.75) is 38.0 Å². The minimum Gasteiger partial charge on any atom is -0.306 e. The van der Waals surface area contributed by atoms with Crippen molar-refractivity contribution in [1.29, 1.82) is 0 Å². The number of hydrazine groups is 1. The first kappa shape index (κ1) is 13.9. The smallest absolute Gasteiger partial charge is 0.187 e. The maximum Gasteiger partial charge on any atom is 0.187 e. The Kier molecular flexibility index (Phi) is 3.59. The molecule has 2 aromatic rings. The zero-order chi connectivity index (χ0) is 14.9. The van der Waals surface area contributed by atoms with E-state index in [-0.39, 0.29) is 11.2 Å². The molecule has 0 spiro atoms. The van der Waals surface area contributed by atoms with Crippen molar-refractivity contribution in [3.63, 3.8) is 0 Å². The van der Waals surface area contributed by atoms with Crippen molar-refractivity contribution in [1.82, 2.24) is 9.97 Å². The monoisotopic (exact) mass is 286 g/mol. The van der Waals surface area contributed by atoms with E-state index in [2.05, 4.69) is 27.5 Å². The zero-order valence-electron chi connectivity index (χ0n) is 12.1. The molecule has 0 radical (unpaired) electrons. The molecule has 0 unspecified atom stereocenters. The van der Waals surface area contributed by atoms with E-state index >= 15 is 0 Å². The first-order valence-corrected chi connectivity index (χ1v) is 7.24. The van der Waals surface area contributed by atoms with Crippen LogP contribution in [0.4, 0.5) is 10.2 Å². The van der Waals surface area contributed by atoms with Crippen LogP contribution in [0.2, 0.25) is 0 Å². The molecule has 1 aliphatic rings. The summed E-state index contributed by atoms with van der Waals surface area (Å²) < 4.78 is 13.9. The maximum absolute atomic E-state index is 13.9. The van der Waals surface area contributed by atoms with Gasteiger partial charge in [0.2, 0.25) is 0 Å². The summed E-state index contributed by atoms with van der Waals surface area (Å²) >= 11 is 0. The van der Waals surface area contributed by atoms with Crippen molar-refractivity contribution < 1.29 is 4.39 Å². The number of nitrogens with one attached hydrogen (secondary N) is 1. The van der Waals surface area contributed by atoms with Gasteiger partial charge in [0.05, 0.1) is 11.1 Å². The summed E-state index contributed by atoms with van der Waals surface area (Å²) in [7, 11) is 0. The molecule has 1 fully saturated rings. The number of benzene rings is 1. The first-order chi connectivity index (χ1) is 10.2. The van der Waals surface area contributed by atoms with E-state index in [1.54, 1.807) is 6.92 Å². The lowest BCUT2D eigenvalue weighted by atomic mass is 9.78. The van der Waals surface area contributed by atoms with Crippen LogP contribution in [0, 0.1) is 12.7 Å². The molecule has 1 heterocycles. The topological polar surface area (TPSA) is 63.8 Å². The standard InChI is InChI=1S/C16H19FN4/c1-11-13(17)14(21-18)20-15(19-11)16(9-5-6-10-16)12-7-3-2-4-8-12/h2-4,7-8H,5-6,9-10,18H2,1H3,(H,19,20,21). The Morgan fingerprint density at radius 3 is 2.43 bits per heavy atom. The second kappa shape index (κ2) is 5.41. The summed E-state index contributed by atoms with van der Waals surface area (Å²) in [6, 6.07) is 10.2. The molecule has 0 bridgehead atoms. The summed E-state index contributed by atoms with van der Waals surface area (Å²) in [4.78, 5) is 8.79. The Bertz CT molecular complexity index is 636. The second-order valence-corrected chi connectivity index (χ2v) is 5.59. The first-order valence-electron chi connectivity index (χ1n) is 7.24. The van der Waals surface area contributed by atoms with E-state index in [0.29, 0.717) is 11.5 Å². The van der Waals surface area contributed by atoms with Crippen LogP contribution < -0.4 is 11.3 Å². The lowest BCUT2D eigenvalue weighted by Crippen LogP contribution is -2.28. The van der Waals surface area contributed by atoms with Gasteiger partial charge < -0.3 is 5.43 Å².